The number of hydrogen-bond acceptors (Lipinski definition) is 2. The molecule has 0 atom stereocenters. The summed E-state index contributed by atoms with van der Waals surface area (Å²) in [6.45, 7) is 0. The molecule has 1 aromatic heterocycles. The minimum absolute atomic E-state index is 0.0455. The highest BCUT2D eigenvalue weighted by Crippen LogP contribution is 2.25. The Morgan fingerprint density at radius 1 is 1.60 bits per heavy atom. The molecule has 0 aliphatic rings. The van der Waals surface area contributed by atoms with Crippen molar-refractivity contribution in [3.05, 3.63) is 28.8 Å². The quantitative estimate of drug-likeness (QED) is 0.868. The number of carbonyl (C=O) groups is 1. The molecule has 0 unspecified atom stereocenters. The van der Waals surface area contributed by atoms with Gasteiger partial charge in [-0.1, -0.05) is 15.9 Å². The van der Waals surface area contributed by atoms with Crippen molar-refractivity contribution in [1.82, 2.24) is 4.98 Å². The molecule has 0 radical (unpaired) electrons. The van der Waals surface area contributed by atoms with Crippen LogP contribution in [0.1, 0.15) is 28.2 Å². The van der Waals surface area contributed by atoms with Crippen molar-refractivity contribution in [1.29, 1.82) is 0 Å². The third kappa shape index (κ3) is 2.47. The van der Waals surface area contributed by atoms with Crippen LogP contribution in [0.25, 0.3) is 0 Å². The SMILES string of the molecule is O=C(O)c1nc(CBr)cc(C(F)F)c1F. The van der Waals surface area contributed by atoms with E-state index in [1.807, 2.05) is 0 Å². The Kier molecular flexibility index (Phi) is 3.67. The number of rotatable bonds is 3. The summed E-state index contributed by atoms with van der Waals surface area (Å²) in [6.07, 6.45) is -3.07. The second-order valence-electron chi connectivity index (χ2n) is 2.60. The minimum Gasteiger partial charge on any atom is -0.476 e. The second-order valence-corrected chi connectivity index (χ2v) is 3.17. The molecule has 3 nitrogen and oxygen atoms in total. The number of aromatic carboxylic acids is 1. The lowest BCUT2D eigenvalue weighted by molar-refractivity contribution is 0.0683. The van der Waals surface area contributed by atoms with Gasteiger partial charge in [-0.25, -0.2) is 22.9 Å². The first-order valence-electron chi connectivity index (χ1n) is 3.74. The zero-order valence-corrected chi connectivity index (χ0v) is 8.76. The van der Waals surface area contributed by atoms with E-state index in [1.165, 1.54) is 0 Å². The Hall–Kier alpha value is -1.11. The molecule has 0 saturated carbocycles. The van der Waals surface area contributed by atoms with Crippen LogP contribution in [0.3, 0.4) is 0 Å². The van der Waals surface area contributed by atoms with Crippen LogP contribution >= 0.6 is 15.9 Å². The second kappa shape index (κ2) is 4.61. The van der Waals surface area contributed by atoms with E-state index in [-0.39, 0.29) is 11.0 Å². The maximum Gasteiger partial charge on any atom is 0.357 e. The maximum atomic E-state index is 13.2. The van der Waals surface area contributed by atoms with E-state index in [2.05, 4.69) is 20.9 Å². The van der Waals surface area contributed by atoms with Crippen LogP contribution in [-0.2, 0) is 5.33 Å². The summed E-state index contributed by atoms with van der Waals surface area (Å²) >= 11 is 2.93. The lowest BCUT2D eigenvalue weighted by Gasteiger charge is -2.06. The predicted molar refractivity (Wildman–Crippen MR) is 48.7 cm³/mol. The van der Waals surface area contributed by atoms with E-state index >= 15 is 0 Å². The molecule has 0 spiro atoms. The summed E-state index contributed by atoms with van der Waals surface area (Å²) in [5.74, 6) is -3.15. The van der Waals surface area contributed by atoms with Crippen LogP contribution in [0.2, 0.25) is 0 Å². The molecule has 1 rings (SSSR count). The molecular weight excluding hydrogens is 279 g/mol. The van der Waals surface area contributed by atoms with Gasteiger partial charge in [0.05, 0.1) is 11.3 Å². The maximum absolute atomic E-state index is 13.2. The molecule has 0 amide bonds. The van der Waals surface area contributed by atoms with E-state index in [9.17, 15) is 18.0 Å². The van der Waals surface area contributed by atoms with E-state index in [1.54, 1.807) is 0 Å². The molecule has 82 valence electrons. The van der Waals surface area contributed by atoms with Gasteiger partial charge in [0.1, 0.15) is 0 Å². The van der Waals surface area contributed by atoms with Gasteiger partial charge in [-0.05, 0) is 6.07 Å². The number of carboxylic acid groups (broad SMARTS) is 1. The summed E-state index contributed by atoms with van der Waals surface area (Å²) in [5.41, 5.74) is -1.89. The van der Waals surface area contributed by atoms with Crippen LogP contribution < -0.4 is 0 Å². The molecule has 1 aromatic rings. The number of hydrogen-bond donors (Lipinski definition) is 1. The van der Waals surface area contributed by atoms with Gasteiger partial charge in [-0.2, -0.15) is 0 Å². The van der Waals surface area contributed by atoms with Gasteiger partial charge in [0.15, 0.2) is 11.5 Å². The highest BCUT2D eigenvalue weighted by Gasteiger charge is 2.22. The molecule has 0 fully saturated rings. The van der Waals surface area contributed by atoms with Crippen LogP contribution in [0.5, 0.6) is 0 Å². The Morgan fingerprint density at radius 3 is 2.60 bits per heavy atom. The Morgan fingerprint density at radius 2 is 2.20 bits per heavy atom. The van der Waals surface area contributed by atoms with Gasteiger partial charge in [0.2, 0.25) is 0 Å². The zero-order valence-electron chi connectivity index (χ0n) is 7.18. The smallest absolute Gasteiger partial charge is 0.357 e. The van der Waals surface area contributed by atoms with Gasteiger partial charge in [-0.15, -0.1) is 0 Å². The summed E-state index contributed by atoms with van der Waals surface area (Å²) in [6, 6.07) is 0.835. The third-order valence-corrected chi connectivity index (χ3v) is 2.19. The van der Waals surface area contributed by atoms with Crippen molar-refractivity contribution in [3.63, 3.8) is 0 Å². The molecule has 0 aliphatic carbocycles. The van der Waals surface area contributed by atoms with Crippen LogP contribution in [-0.4, -0.2) is 16.1 Å². The van der Waals surface area contributed by atoms with Crippen molar-refractivity contribution in [2.75, 3.05) is 0 Å². The number of alkyl halides is 3. The Balaban J connectivity index is 3.40. The highest BCUT2D eigenvalue weighted by atomic mass is 79.9. The summed E-state index contributed by atoms with van der Waals surface area (Å²) in [4.78, 5) is 13.9. The fraction of sp³-hybridized carbons (Fsp3) is 0.250. The van der Waals surface area contributed by atoms with Crippen molar-refractivity contribution in [3.8, 4) is 0 Å². The van der Waals surface area contributed by atoms with E-state index < -0.39 is 29.5 Å². The fourth-order valence-corrected chi connectivity index (χ4v) is 1.26. The number of aromatic nitrogens is 1. The van der Waals surface area contributed by atoms with Crippen molar-refractivity contribution < 1.29 is 23.1 Å². The largest absolute Gasteiger partial charge is 0.476 e. The van der Waals surface area contributed by atoms with Gasteiger partial charge < -0.3 is 5.11 Å². The molecule has 1 heterocycles. The zero-order chi connectivity index (χ0) is 11.6. The molecule has 0 aromatic carbocycles. The Bertz CT molecular complexity index is 398. The van der Waals surface area contributed by atoms with Gasteiger partial charge >= 0.3 is 5.97 Å². The van der Waals surface area contributed by atoms with Crippen molar-refractivity contribution >= 4 is 21.9 Å². The fourth-order valence-electron chi connectivity index (χ4n) is 0.973. The third-order valence-electron chi connectivity index (χ3n) is 1.61. The number of halogens is 4. The van der Waals surface area contributed by atoms with Crippen molar-refractivity contribution in [2.45, 2.75) is 11.8 Å². The van der Waals surface area contributed by atoms with Gasteiger partial charge in [-0.3, -0.25) is 0 Å². The lowest BCUT2D eigenvalue weighted by Crippen LogP contribution is -2.09. The van der Waals surface area contributed by atoms with Gasteiger partial charge in [0.25, 0.3) is 6.43 Å². The average molecular weight is 284 g/mol. The molecule has 0 saturated heterocycles. The number of nitrogens with zero attached hydrogens (tertiary/aromatic N) is 1. The first-order chi connectivity index (χ1) is 6.97. The van der Waals surface area contributed by atoms with E-state index in [0.717, 1.165) is 6.07 Å². The summed E-state index contributed by atoms with van der Waals surface area (Å²) in [7, 11) is 0. The first-order valence-corrected chi connectivity index (χ1v) is 4.86. The van der Waals surface area contributed by atoms with Gasteiger partial charge in [0, 0.05) is 5.33 Å². The average Bonchev–Trinajstić information content (AvgIpc) is 2.17. The summed E-state index contributed by atoms with van der Waals surface area (Å²) < 4.78 is 37.8. The normalized spacial score (nSPS) is 10.7. The van der Waals surface area contributed by atoms with E-state index in [0.29, 0.717) is 0 Å². The van der Waals surface area contributed by atoms with E-state index in [4.69, 9.17) is 5.11 Å². The predicted octanol–water partition coefficient (Wildman–Crippen LogP) is 2.75. The topological polar surface area (TPSA) is 50.2 Å². The molecule has 0 bridgehead atoms. The van der Waals surface area contributed by atoms with Crippen LogP contribution in [0, 0.1) is 5.82 Å². The molecule has 7 heteroatoms. The van der Waals surface area contributed by atoms with Crippen molar-refractivity contribution in [2.24, 2.45) is 0 Å². The van der Waals surface area contributed by atoms with Crippen LogP contribution in [0.15, 0.2) is 6.07 Å². The Labute approximate surface area is 91.1 Å². The summed E-state index contributed by atoms with van der Waals surface area (Å²) in [5, 5.41) is 8.61. The van der Waals surface area contributed by atoms with Crippen LogP contribution in [0.4, 0.5) is 13.2 Å². The number of carboxylic acids is 1. The first kappa shape index (κ1) is 12.0. The standard InChI is InChI=1S/C8H5BrF3NO2/c9-2-3-1-4(7(11)12)5(10)6(13-3)8(14)15/h1,7H,2H2,(H,14,15). The molecule has 0 aliphatic heterocycles. The molecular formula is C8H5BrF3NO2. The highest BCUT2D eigenvalue weighted by molar-refractivity contribution is 9.08. The monoisotopic (exact) mass is 283 g/mol. The number of pyridine rings is 1. The minimum atomic E-state index is -3.07. The molecule has 15 heavy (non-hydrogen) atoms. The lowest BCUT2D eigenvalue weighted by atomic mass is 10.2. The molecule has 1 N–H and O–H groups in total.